The number of benzene rings is 6. The Morgan fingerprint density at radius 1 is 0.500 bits per heavy atom. The van der Waals surface area contributed by atoms with E-state index >= 15 is 0 Å². The second kappa shape index (κ2) is 20.2. The van der Waals surface area contributed by atoms with Gasteiger partial charge in [-0.1, -0.05) is 158 Å². The van der Waals surface area contributed by atoms with Gasteiger partial charge in [0.15, 0.2) is 0 Å². The summed E-state index contributed by atoms with van der Waals surface area (Å²) in [5, 5.41) is 10.8. The van der Waals surface area contributed by atoms with Crippen molar-refractivity contribution in [2.45, 2.75) is 70.0 Å². The molecule has 5 atom stereocenters. The molecule has 7 nitrogen and oxygen atoms in total. The van der Waals surface area contributed by atoms with Gasteiger partial charge in [-0.05, 0) is 50.6 Å². The highest BCUT2D eigenvalue weighted by Gasteiger charge is 2.49. The lowest BCUT2D eigenvalue weighted by Crippen LogP contribution is -2.58. The summed E-state index contributed by atoms with van der Waals surface area (Å²) in [6.45, 7) is 1.50. The predicted molar refractivity (Wildman–Crippen MR) is 217 cm³/mol. The van der Waals surface area contributed by atoms with Crippen molar-refractivity contribution >= 4 is 0 Å². The zero-order valence-corrected chi connectivity index (χ0v) is 31.8. The first-order chi connectivity index (χ1) is 27.7. The van der Waals surface area contributed by atoms with Crippen LogP contribution in [-0.2, 0) is 63.1 Å². The lowest BCUT2D eigenvalue weighted by molar-refractivity contribution is -0.275. The normalized spacial score (nSPS) is 19.4. The van der Waals surface area contributed by atoms with Crippen LogP contribution in [0.3, 0.4) is 0 Å². The minimum atomic E-state index is -0.638. The van der Waals surface area contributed by atoms with E-state index in [1.54, 1.807) is 7.11 Å². The minimum absolute atomic E-state index is 0.172. The molecule has 0 aromatic heterocycles. The zero-order chi connectivity index (χ0) is 38.4. The van der Waals surface area contributed by atoms with E-state index in [9.17, 15) is 5.11 Å². The van der Waals surface area contributed by atoms with E-state index in [-0.39, 0.29) is 13.2 Å². The third kappa shape index (κ3) is 10.4. The molecule has 56 heavy (non-hydrogen) atoms. The van der Waals surface area contributed by atoms with Crippen LogP contribution >= 0.6 is 0 Å². The minimum Gasteiger partial charge on any atom is -0.496 e. The molecular weight excluding hydrogens is 701 g/mol. The van der Waals surface area contributed by atoms with Crippen LogP contribution in [0.25, 0.3) is 0 Å². The SMILES string of the molecule is COc1ccccc1Cc1ccc(CO)c(C2OC(COCc3ccccc3)C(OCc3ccccc3)C(OCc3ccccc3)C2OCc2ccccc2)c1. The van der Waals surface area contributed by atoms with Gasteiger partial charge in [-0.2, -0.15) is 0 Å². The first-order valence-corrected chi connectivity index (χ1v) is 19.3. The van der Waals surface area contributed by atoms with Crippen LogP contribution in [0.2, 0.25) is 0 Å². The summed E-state index contributed by atoms with van der Waals surface area (Å²) in [5.41, 5.74) is 7.85. The van der Waals surface area contributed by atoms with Gasteiger partial charge < -0.3 is 33.5 Å². The van der Waals surface area contributed by atoms with Crippen LogP contribution in [-0.4, -0.2) is 43.2 Å². The van der Waals surface area contributed by atoms with Crippen LogP contribution in [0, 0.1) is 0 Å². The summed E-state index contributed by atoms with van der Waals surface area (Å²) in [6, 6.07) is 54.7. The second-order valence-corrected chi connectivity index (χ2v) is 14.1. The van der Waals surface area contributed by atoms with Crippen molar-refractivity contribution in [1.82, 2.24) is 0 Å². The monoisotopic (exact) mass is 750 g/mol. The highest BCUT2D eigenvalue weighted by molar-refractivity contribution is 5.41. The van der Waals surface area contributed by atoms with Gasteiger partial charge in [0, 0.05) is 6.42 Å². The molecule has 7 heteroatoms. The van der Waals surface area contributed by atoms with Crippen molar-refractivity contribution in [2.75, 3.05) is 13.7 Å². The van der Waals surface area contributed by atoms with E-state index in [2.05, 4.69) is 54.6 Å². The molecule has 1 heterocycles. The Morgan fingerprint density at radius 2 is 1.00 bits per heavy atom. The van der Waals surface area contributed by atoms with E-state index in [4.69, 9.17) is 28.4 Å². The fourth-order valence-electron chi connectivity index (χ4n) is 7.27. The summed E-state index contributed by atoms with van der Waals surface area (Å²) < 4.78 is 40.1. The van der Waals surface area contributed by atoms with Gasteiger partial charge in [0.05, 0.1) is 46.8 Å². The van der Waals surface area contributed by atoms with Crippen molar-refractivity contribution in [3.05, 3.63) is 208 Å². The van der Waals surface area contributed by atoms with Gasteiger partial charge in [-0.15, -0.1) is 0 Å². The molecule has 1 aliphatic heterocycles. The largest absolute Gasteiger partial charge is 0.496 e. The van der Waals surface area contributed by atoms with Crippen LogP contribution in [0.4, 0.5) is 0 Å². The Hall–Kier alpha value is -5.12. The average molecular weight is 751 g/mol. The molecule has 0 aliphatic carbocycles. The maximum Gasteiger partial charge on any atom is 0.122 e. The van der Waals surface area contributed by atoms with Gasteiger partial charge in [-0.25, -0.2) is 0 Å². The summed E-state index contributed by atoms with van der Waals surface area (Å²) >= 11 is 0. The van der Waals surface area contributed by atoms with Crippen LogP contribution in [0.1, 0.15) is 50.6 Å². The Labute approximate surface area is 330 Å². The molecule has 0 saturated carbocycles. The summed E-state index contributed by atoms with van der Waals surface area (Å²) in [7, 11) is 1.69. The maximum atomic E-state index is 10.8. The fourth-order valence-corrected chi connectivity index (χ4v) is 7.27. The van der Waals surface area contributed by atoms with Crippen LogP contribution in [0.5, 0.6) is 5.75 Å². The number of aliphatic hydroxyl groups excluding tert-OH is 1. The second-order valence-electron chi connectivity index (χ2n) is 14.1. The van der Waals surface area contributed by atoms with Crippen molar-refractivity contribution in [3.8, 4) is 5.75 Å². The maximum absolute atomic E-state index is 10.8. The molecule has 1 aliphatic rings. The number of rotatable bonds is 18. The molecule has 0 amide bonds. The van der Waals surface area contributed by atoms with Gasteiger partial charge in [0.1, 0.15) is 36.3 Å². The molecular formula is C49H50O7. The van der Waals surface area contributed by atoms with Crippen molar-refractivity contribution < 1.29 is 33.5 Å². The Bertz CT molecular complexity index is 2040. The molecule has 5 unspecified atom stereocenters. The number of para-hydroxylation sites is 1. The Balaban J connectivity index is 1.29. The molecule has 7 rings (SSSR count). The van der Waals surface area contributed by atoms with Crippen LogP contribution in [0.15, 0.2) is 164 Å². The van der Waals surface area contributed by atoms with Crippen LogP contribution < -0.4 is 4.74 Å². The summed E-state index contributed by atoms with van der Waals surface area (Å²) in [4.78, 5) is 0. The third-order valence-electron chi connectivity index (χ3n) is 10.2. The summed E-state index contributed by atoms with van der Waals surface area (Å²) in [6.07, 6.45) is -2.34. The molecule has 6 aromatic rings. The zero-order valence-electron chi connectivity index (χ0n) is 31.8. The number of hydrogen-bond donors (Lipinski definition) is 1. The van der Waals surface area contributed by atoms with E-state index in [0.717, 1.165) is 50.3 Å². The van der Waals surface area contributed by atoms with Gasteiger partial charge in [0.25, 0.3) is 0 Å². The third-order valence-corrected chi connectivity index (χ3v) is 10.2. The molecule has 1 fully saturated rings. The van der Waals surface area contributed by atoms with Gasteiger partial charge >= 0.3 is 0 Å². The molecule has 1 saturated heterocycles. The first-order valence-electron chi connectivity index (χ1n) is 19.3. The molecule has 0 bridgehead atoms. The van der Waals surface area contributed by atoms with Gasteiger partial charge in [-0.3, -0.25) is 0 Å². The molecule has 6 aromatic carbocycles. The topological polar surface area (TPSA) is 75.6 Å². The molecule has 0 radical (unpaired) electrons. The van der Waals surface area contributed by atoms with Gasteiger partial charge in [0.2, 0.25) is 0 Å². The number of methoxy groups -OCH3 is 1. The van der Waals surface area contributed by atoms with E-state index in [0.29, 0.717) is 32.8 Å². The quantitative estimate of drug-likeness (QED) is 0.0940. The first kappa shape index (κ1) is 39.1. The number of hydrogen-bond acceptors (Lipinski definition) is 7. The number of aliphatic hydroxyl groups is 1. The number of ether oxygens (including phenoxy) is 6. The smallest absolute Gasteiger partial charge is 0.122 e. The lowest BCUT2D eigenvalue weighted by Gasteiger charge is -2.47. The highest BCUT2D eigenvalue weighted by atomic mass is 16.6. The standard InChI is InChI=1S/C49H50O7/c1-51-44-25-15-14-24-41(44)28-40-26-27-42(30-50)43(29-40)46-48(54-33-38-20-10-4-11-21-38)49(55-34-39-22-12-5-13-23-39)47(53-32-37-18-8-3-9-19-37)45(56-46)35-52-31-36-16-6-2-7-17-36/h2-27,29,45-50H,28,30-35H2,1H3. The van der Waals surface area contributed by atoms with E-state index in [1.807, 2.05) is 109 Å². The van der Waals surface area contributed by atoms with E-state index < -0.39 is 30.5 Å². The molecule has 288 valence electrons. The highest BCUT2D eigenvalue weighted by Crippen LogP contribution is 2.40. The molecule has 0 spiro atoms. The van der Waals surface area contributed by atoms with Crippen molar-refractivity contribution in [2.24, 2.45) is 0 Å². The lowest BCUT2D eigenvalue weighted by atomic mass is 9.87. The Kier molecular flexibility index (Phi) is 14.1. The Morgan fingerprint density at radius 3 is 1.55 bits per heavy atom. The summed E-state index contributed by atoms with van der Waals surface area (Å²) in [5.74, 6) is 0.821. The van der Waals surface area contributed by atoms with Crippen molar-refractivity contribution in [3.63, 3.8) is 0 Å². The average Bonchev–Trinajstić information content (AvgIpc) is 3.26. The van der Waals surface area contributed by atoms with E-state index in [1.165, 1.54) is 0 Å². The molecule has 1 N–H and O–H groups in total. The predicted octanol–water partition coefficient (Wildman–Crippen LogP) is 9.19. The van der Waals surface area contributed by atoms with Crippen molar-refractivity contribution in [1.29, 1.82) is 0 Å². The fraction of sp³-hybridized carbons (Fsp3) is 0.265.